The van der Waals surface area contributed by atoms with E-state index in [1.165, 1.54) is 37.4 Å². The summed E-state index contributed by atoms with van der Waals surface area (Å²) in [4.78, 5) is 17.0. The zero-order chi connectivity index (χ0) is 29.3. The number of alkyl halides is 3. The van der Waals surface area contributed by atoms with Crippen molar-refractivity contribution in [2.24, 2.45) is 5.73 Å². The topological polar surface area (TPSA) is 139 Å². The van der Waals surface area contributed by atoms with E-state index >= 15 is 0 Å². The van der Waals surface area contributed by atoms with Gasteiger partial charge in [0, 0.05) is 23.2 Å². The maximum atomic E-state index is 14.5. The zero-order valence-electron chi connectivity index (χ0n) is 21.6. The average Bonchev–Trinajstić information content (AvgIpc) is 3.23. The van der Waals surface area contributed by atoms with Crippen LogP contribution >= 0.6 is 0 Å². The highest BCUT2D eigenvalue weighted by Crippen LogP contribution is 2.45. The van der Waals surface area contributed by atoms with Crippen LogP contribution in [-0.4, -0.2) is 60.7 Å². The van der Waals surface area contributed by atoms with Gasteiger partial charge in [0.05, 0.1) is 42.9 Å². The number of anilines is 1. The SMILES string of the molecule is COc1cc(C(=O)NCC(O)(c2cc3c(c(-c4ccc(F)cc4)n2)NC[C@]3(C)N)C(F)(F)F)ccc1OCCO. The molecule has 6 N–H and O–H groups in total. The molecule has 1 aromatic heterocycles. The number of aliphatic hydroxyl groups excluding tert-OH is 1. The predicted octanol–water partition coefficient (Wildman–Crippen LogP) is 3.05. The second kappa shape index (κ2) is 10.9. The van der Waals surface area contributed by atoms with E-state index < -0.39 is 41.3 Å². The van der Waals surface area contributed by atoms with Crippen LogP contribution in [-0.2, 0) is 11.1 Å². The number of hydrogen-bond acceptors (Lipinski definition) is 8. The molecule has 9 nitrogen and oxygen atoms in total. The van der Waals surface area contributed by atoms with E-state index in [-0.39, 0.29) is 48.1 Å². The highest BCUT2D eigenvalue weighted by molar-refractivity contribution is 5.95. The van der Waals surface area contributed by atoms with Crippen LogP contribution in [0.5, 0.6) is 11.5 Å². The maximum Gasteiger partial charge on any atom is 0.424 e. The molecule has 4 rings (SSSR count). The first-order valence-electron chi connectivity index (χ1n) is 12.1. The third-order valence-electron chi connectivity index (χ3n) is 6.56. The summed E-state index contributed by atoms with van der Waals surface area (Å²) in [6, 6.07) is 9.96. The minimum absolute atomic E-state index is 0.0361. The number of carbonyl (C=O) groups excluding carboxylic acids is 1. The van der Waals surface area contributed by atoms with E-state index in [4.69, 9.17) is 20.3 Å². The number of nitrogens with one attached hydrogen (secondary N) is 2. The van der Waals surface area contributed by atoms with Crippen molar-refractivity contribution in [3.8, 4) is 22.8 Å². The van der Waals surface area contributed by atoms with Crippen LogP contribution in [0.25, 0.3) is 11.3 Å². The molecule has 40 heavy (non-hydrogen) atoms. The summed E-state index contributed by atoms with van der Waals surface area (Å²) in [5.41, 5.74) is 1.74. The van der Waals surface area contributed by atoms with Crippen molar-refractivity contribution in [3.63, 3.8) is 0 Å². The lowest BCUT2D eigenvalue weighted by atomic mass is 9.89. The van der Waals surface area contributed by atoms with Crippen LogP contribution in [0.1, 0.15) is 28.5 Å². The monoisotopic (exact) mass is 564 g/mol. The number of ether oxygens (including phenoxy) is 2. The first-order valence-corrected chi connectivity index (χ1v) is 12.1. The first-order chi connectivity index (χ1) is 18.8. The van der Waals surface area contributed by atoms with E-state index in [0.717, 1.165) is 18.2 Å². The van der Waals surface area contributed by atoms with E-state index in [0.29, 0.717) is 11.3 Å². The van der Waals surface area contributed by atoms with Gasteiger partial charge >= 0.3 is 6.18 Å². The van der Waals surface area contributed by atoms with Gasteiger partial charge in [-0.15, -0.1) is 0 Å². The molecule has 0 saturated carbocycles. The zero-order valence-corrected chi connectivity index (χ0v) is 21.6. The quantitative estimate of drug-likeness (QED) is 0.250. The Morgan fingerprint density at radius 2 is 1.88 bits per heavy atom. The van der Waals surface area contributed by atoms with Gasteiger partial charge in [0.1, 0.15) is 12.4 Å². The minimum atomic E-state index is -5.27. The van der Waals surface area contributed by atoms with Gasteiger partial charge < -0.3 is 36.1 Å². The Balaban J connectivity index is 1.71. The standard InChI is InChI=1S/C27H28F4N4O5/c1-25(32)13-33-23-18(25)12-21(35-22(23)15-3-6-17(28)7-4-15)26(38,27(29,30)31)14-34-24(37)16-5-8-19(40-10-9-36)20(11-16)39-2/h3-8,11-12,33,36,38H,9-10,13-14,32H2,1-2H3,(H,34,37)/t25-,26?/m0/s1. The second-order valence-corrected chi connectivity index (χ2v) is 9.53. The van der Waals surface area contributed by atoms with E-state index in [9.17, 15) is 27.5 Å². The molecule has 2 heterocycles. The van der Waals surface area contributed by atoms with Crippen LogP contribution in [0, 0.1) is 5.82 Å². The number of fused-ring (bicyclic) bond motifs is 1. The van der Waals surface area contributed by atoms with Crippen LogP contribution in [0.3, 0.4) is 0 Å². The summed E-state index contributed by atoms with van der Waals surface area (Å²) in [7, 11) is 1.31. The molecule has 1 unspecified atom stereocenters. The molecule has 0 fully saturated rings. The van der Waals surface area contributed by atoms with E-state index in [2.05, 4.69) is 15.6 Å². The molecule has 0 saturated heterocycles. The number of aliphatic hydroxyl groups is 2. The van der Waals surface area contributed by atoms with Gasteiger partial charge in [-0.1, -0.05) is 0 Å². The number of nitrogens with zero attached hydrogens (tertiary/aromatic N) is 1. The number of halogens is 4. The number of amides is 1. The first kappa shape index (κ1) is 29.1. The summed E-state index contributed by atoms with van der Waals surface area (Å²) >= 11 is 0. The number of hydrogen-bond donors (Lipinski definition) is 5. The molecule has 2 aromatic carbocycles. The fourth-order valence-electron chi connectivity index (χ4n) is 4.30. The molecule has 1 amide bonds. The summed E-state index contributed by atoms with van der Waals surface area (Å²) < 4.78 is 67.4. The normalized spacial score (nSPS) is 17.9. The van der Waals surface area contributed by atoms with Gasteiger partial charge in [0.15, 0.2) is 11.5 Å². The van der Waals surface area contributed by atoms with Crippen molar-refractivity contribution in [1.82, 2.24) is 10.3 Å². The lowest BCUT2D eigenvalue weighted by Crippen LogP contribution is -2.51. The van der Waals surface area contributed by atoms with Crippen molar-refractivity contribution >= 4 is 11.6 Å². The Kier molecular flexibility index (Phi) is 7.92. The molecule has 0 spiro atoms. The van der Waals surface area contributed by atoms with Crippen molar-refractivity contribution in [1.29, 1.82) is 0 Å². The number of pyridine rings is 1. The molecular weight excluding hydrogens is 536 g/mol. The van der Waals surface area contributed by atoms with Crippen molar-refractivity contribution < 1.29 is 42.0 Å². The number of carbonyl (C=O) groups is 1. The summed E-state index contributed by atoms with van der Waals surface area (Å²) in [5.74, 6) is -1.15. The summed E-state index contributed by atoms with van der Waals surface area (Å²) in [6.45, 7) is 0.220. The molecule has 13 heteroatoms. The number of aromatic nitrogens is 1. The Morgan fingerprint density at radius 1 is 1.18 bits per heavy atom. The van der Waals surface area contributed by atoms with Gasteiger partial charge in [-0.05, 0) is 55.5 Å². The van der Waals surface area contributed by atoms with Gasteiger partial charge in [-0.3, -0.25) is 4.79 Å². The van der Waals surface area contributed by atoms with E-state index in [1.807, 2.05) is 0 Å². The Bertz CT molecular complexity index is 1400. The Hall–Kier alpha value is -3.94. The van der Waals surface area contributed by atoms with Gasteiger partial charge in [-0.25, -0.2) is 9.37 Å². The number of benzene rings is 2. The molecule has 2 atom stereocenters. The average molecular weight is 565 g/mol. The predicted molar refractivity (Wildman–Crippen MR) is 138 cm³/mol. The molecule has 214 valence electrons. The lowest BCUT2D eigenvalue weighted by molar-refractivity contribution is -0.265. The molecule has 1 aliphatic heterocycles. The van der Waals surface area contributed by atoms with Gasteiger partial charge in [0.25, 0.3) is 5.91 Å². The minimum Gasteiger partial charge on any atom is -0.493 e. The second-order valence-electron chi connectivity index (χ2n) is 9.53. The number of rotatable bonds is 9. The largest absolute Gasteiger partial charge is 0.493 e. The van der Waals surface area contributed by atoms with Crippen LogP contribution < -0.4 is 25.8 Å². The maximum absolute atomic E-state index is 14.5. The molecule has 0 bridgehead atoms. The van der Waals surface area contributed by atoms with Gasteiger partial charge in [-0.2, -0.15) is 13.2 Å². The lowest BCUT2D eigenvalue weighted by Gasteiger charge is -2.31. The molecule has 3 aromatic rings. The molecular formula is C27H28F4N4O5. The van der Waals surface area contributed by atoms with Crippen molar-refractivity contribution in [3.05, 3.63) is 71.2 Å². The van der Waals surface area contributed by atoms with Crippen LogP contribution in [0.2, 0.25) is 0 Å². The van der Waals surface area contributed by atoms with Crippen molar-refractivity contribution in [2.45, 2.75) is 24.2 Å². The van der Waals surface area contributed by atoms with Crippen LogP contribution in [0.4, 0.5) is 23.2 Å². The smallest absolute Gasteiger partial charge is 0.424 e. The molecule has 0 radical (unpaired) electrons. The molecule has 1 aliphatic rings. The molecule has 0 aliphatic carbocycles. The Morgan fingerprint density at radius 3 is 2.50 bits per heavy atom. The fraction of sp³-hybridized carbons (Fsp3) is 0.333. The van der Waals surface area contributed by atoms with Gasteiger partial charge in [0.2, 0.25) is 5.60 Å². The third kappa shape index (κ3) is 5.53. The highest BCUT2D eigenvalue weighted by atomic mass is 19.4. The Labute approximate surface area is 226 Å². The summed E-state index contributed by atoms with van der Waals surface area (Å²) in [6.07, 6.45) is -5.27. The third-order valence-corrected chi connectivity index (χ3v) is 6.56. The number of nitrogens with two attached hydrogens (primary N) is 1. The van der Waals surface area contributed by atoms with Crippen LogP contribution in [0.15, 0.2) is 48.5 Å². The number of methoxy groups -OCH3 is 1. The highest BCUT2D eigenvalue weighted by Gasteiger charge is 2.57. The fourth-order valence-corrected chi connectivity index (χ4v) is 4.30. The van der Waals surface area contributed by atoms with E-state index in [1.54, 1.807) is 6.92 Å². The van der Waals surface area contributed by atoms with Crippen molar-refractivity contribution in [2.75, 3.05) is 38.7 Å². The summed E-state index contributed by atoms with van der Waals surface area (Å²) in [5, 5.41) is 25.2.